The second-order valence-electron chi connectivity index (χ2n) is 7.17. The Morgan fingerprint density at radius 3 is 2.59 bits per heavy atom. The van der Waals surface area contributed by atoms with Crippen molar-refractivity contribution in [1.29, 1.82) is 0 Å². The molecule has 3 N–H and O–H groups in total. The molecule has 2 rings (SSSR count). The van der Waals surface area contributed by atoms with E-state index in [1.165, 1.54) is 27.8 Å². The van der Waals surface area contributed by atoms with E-state index in [0.717, 1.165) is 19.3 Å². The molecule has 0 spiro atoms. The van der Waals surface area contributed by atoms with Crippen LogP contribution in [0, 0.1) is 0 Å². The van der Waals surface area contributed by atoms with Gasteiger partial charge in [-0.25, -0.2) is 14.6 Å². The molecule has 10 nitrogen and oxygen atoms in total. The van der Waals surface area contributed by atoms with E-state index in [4.69, 9.17) is 22.1 Å². The summed E-state index contributed by atoms with van der Waals surface area (Å²) in [5, 5.41) is -0.0477. The van der Waals surface area contributed by atoms with Crippen LogP contribution < -0.4 is 21.9 Å². The quantitative estimate of drug-likeness (QED) is 0.295. The van der Waals surface area contributed by atoms with Crippen LogP contribution in [0.2, 0.25) is 5.15 Å². The SMILES string of the molecule is CCCCCN(C(=O)COC(=O)c1cccnc1Cl)c1c(N)n(CCCC)c(=O)[nH]c1=O. The lowest BCUT2D eigenvalue weighted by Crippen LogP contribution is -2.43. The Balaban J connectivity index is 2.32. The van der Waals surface area contributed by atoms with Gasteiger partial charge in [0.05, 0.1) is 5.56 Å². The van der Waals surface area contributed by atoms with Crippen LogP contribution in [-0.2, 0) is 16.1 Å². The van der Waals surface area contributed by atoms with Crippen molar-refractivity contribution in [2.75, 3.05) is 23.8 Å². The number of aromatic amines is 1. The molecule has 0 radical (unpaired) electrons. The number of amides is 1. The number of hydrogen-bond acceptors (Lipinski definition) is 7. The van der Waals surface area contributed by atoms with Gasteiger partial charge in [0.15, 0.2) is 12.3 Å². The summed E-state index contributed by atoms with van der Waals surface area (Å²) in [7, 11) is 0. The molecule has 2 aromatic rings. The lowest BCUT2D eigenvalue weighted by molar-refractivity contribution is -0.121. The highest BCUT2D eigenvalue weighted by Crippen LogP contribution is 2.19. The number of aromatic nitrogens is 3. The maximum absolute atomic E-state index is 13.0. The minimum atomic E-state index is -0.820. The molecule has 1 amide bonds. The first-order valence-corrected chi connectivity index (χ1v) is 10.9. The van der Waals surface area contributed by atoms with E-state index in [-0.39, 0.29) is 28.8 Å². The van der Waals surface area contributed by atoms with Crippen LogP contribution in [0.5, 0.6) is 0 Å². The van der Waals surface area contributed by atoms with Crippen LogP contribution in [0.3, 0.4) is 0 Å². The van der Waals surface area contributed by atoms with Gasteiger partial charge < -0.3 is 15.4 Å². The summed E-state index contributed by atoms with van der Waals surface area (Å²) in [4.78, 5) is 57.3. The molecule has 0 aliphatic carbocycles. The molecule has 0 atom stereocenters. The number of ether oxygens (including phenoxy) is 1. The van der Waals surface area contributed by atoms with Crippen LogP contribution in [0.25, 0.3) is 0 Å². The topological polar surface area (TPSA) is 140 Å². The number of esters is 1. The third kappa shape index (κ3) is 6.19. The molecule has 0 aromatic carbocycles. The Hall–Kier alpha value is -3.14. The molecular formula is C21H28ClN5O5. The maximum atomic E-state index is 13.0. The lowest BCUT2D eigenvalue weighted by Gasteiger charge is -2.24. The molecule has 0 unspecified atom stereocenters. The zero-order valence-corrected chi connectivity index (χ0v) is 19.0. The number of halogens is 1. The molecule has 0 bridgehead atoms. The van der Waals surface area contributed by atoms with E-state index in [1.54, 1.807) is 0 Å². The standard InChI is InChI=1S/C21H28ClN5O5/c1-3-5-7-12-26(15(28)13-32-20(30)14-9-8-10-24-17(14)22)16-18(23)27(11-6-4-2)21(31)25-19(16)29/h8-10H,3-7,11-13,23H2,1-2H3,(H,25,29,31). The van der Waals surface area contributed by atoms with E-state index >= 15 is 0 Å². The number of carbonyl (C=O) groups excluding carboxylic acids is 2. The lowest BCUT2D eigenvalue weighted by atomic mass is 10.2. The summed E-state index contributed by atoms with van der Waals surface area (Å²) in [5.41, 5.74) is 4.63. The van der Waals surface area contributed by atoms with Gasteiger partial charge in [0.2, 0.25) is 0 Å². The third-order valence-corrected chi connectivity index (χ3v) is 5.11. The van der Waals surface area contributed by atoms with Crippen molar-refractivity contribution >= 4 is 35.0 Å². The molecule has 32 heavy (non-hydrogen) atoms. The second kappa shape index (κ2) is 12.0. The summed E-state index contributed by atoms with van der Waals surface area (Å²) in [6.07, 6.45) is 5.19. The number of rotatable bonds is 11. The second-order valence-corrected chi connectivity index (χ2v) is 7.53. The van der Waals surface area contributed by atoms with Crippen molar-refractivity contribution in [3.05, 3.63) is 49.9 Å². The number of pyridine rings is 1. The van der Waals surface area contributed by atoms with Crippen LogP contribution >= 0.6 is 11.6 Å². The minimum Gasteiger partial charge on any atom is -0.452 e. The molecule has 2 aromatic heterocycles. The van der Waals surface area contributed by atoms with E-state index in [2.05, 4.69) is 9.97 Å². The van der Waals surface area contributed by atoms with E-state index < -0.39 is 29.7 Å². The smallest absolute Gasteiger partial charge is 0.341 e. The van der Waals surface area contributed by atoms with Crippen LogP contribution in [0.1, 0.15) is 56.3 Å². The Bertz CT molecular complexity index is 1070. The third-order valence-electron chi connectivity index (χ3n) is 4.81. The first kappa shape index (κ1) is 25.1. The van der Waals surface area contributed by atoms with Crippen molar-refractivity contribution in [2.24, 2.45) is 0 Å². The predicted molar refractivity (Wildman–Crippen MR) is 122 cm³/mol. The molecule has 0 aliphatic rings. The average Bonchev–Trinajstić information content (AvgIpc) is 2.76. The van der Waals surface area contributed by atoms with Gasteiger partial charge in [-0.3, -0.25) is 19.1 Å². The summed E-state index contributed by atoms with van der Waals surface area (Å²) in [5.74, 6) is -1.56. The fourth-order valence-electron chi connectivity index (χ4n) is 3.08. The summed E-state index contributed by atoms with van der Waals surface area (Å²) in [6.45, 7) is 3.80. The summed E-state index contributed by atoms with van der Waals surface area (Å²) in [6, 6.07) is 2.94. The molecule has 0 saturated heterocycles. The van der Waals surface area contributed by atoms with Gasteiger partial charge >= 0.3 is 11.7 Å². The number of unbranched alkanes of at least 4 members (excludes halogenated alkanes) is 3. The first-order chi connectivity index (χ1) is 15.3. The maximum Gasteiger partial charge on any atom is 0.341 e. The van der Waals surface area contributed by atoms with Gasteiger partial charge in [-0.2, -0.15) is 0 Å². The van der Waals surface area contributed by atoms with Crippen LogP contribution in [-0.4, -0.2) is 39.6 Å². The zero-order valence-electron chi connectivity index (χ0n) is 18.2. The fraction of sp³-hybridized carbons (Fsp3) is 0.476. The molecular weight excluding hydrogens is 438 g/mol. The highest BCUT2D eigenvalue weighted by Gasteiger charge is 2.25. The highest BCUT2D eigenvalue weighted by molar-refractivity contribution is 6.32. The Labute approximate surface area is 190 Å². The van der Waals surface area contributed by atoms with Gasteiger partial charge in [-0.15, -0.1) is 0 Å². The van der Waals surface area contributed by atoms with Crippen LogP contribution in [0.4, 0.5) is 11.5 Å². The number of H-pyrrole nitrogens is 1. The molecule has 11 heteroatoms. The zero-order chi connectivity index (χ0) is 23.7. The van der Waals surface area contributed by atoms with Gasteiger partial charge in [0.1, 0.15) is 11.0 Å². The molecule has 0 saturated carbocycles. The molecule has 2 heterocycles. The highest BCUT2D eigenvalue weighted by atomic mass is 35.5. The van der Waals surface area contributed by atoms with Gasteiger partial charge in [0, 0.05) is 19.3 Å². The number of nitrogen functional groups attached to an aromatic ring is 1. The van der Waals surface area contributed by atoms with E-state index in [0.29, 0.717) is 19.4 Å². The number of hydrogen-bond donors (Lipinski definition) is 2. The minimum absolute atomic E-state index is 0.0185. The predicted octanol–water partition coefficient (Wildman–Crippen LogP) is 2.35. The van der Waals surface area contributed by atoms with Gasteiger partial charge in [-0.05, 0) is 25.0 Å². The number of carbonyl (C=O) groups is 2. The average molecular weight is 466 g/mol. The fourth-order valence-corrected chi connectivity index (χ4v) is 3.28. The molecule has 174 valence electrons. The number of nitrogens with zero attached hydrogens (tertiary/aromatic N) is 3. The molecule has 0 fully saturated rings. The van der Waals surface area contributed by atoms with Crippen molar-refractivity contribution in [3.8, 4) is 0 Å². The van der Waals surface area contributed by atoms with Crippen LogP contribution in [0.15, 0.2) is 27.9 Å². The number of nitrogens with two attached hydrogens (primary N) is 1. The normalized spacial score (nSPS) is 10.7. The van der Waals surface area contributed by atoms with Crippen molar-refractivity contribution in [1.82, 2.24) is 14.5 Å². The van der Waals surface area contributed by atoms with Gasteiger partial charge in [-0.1, -0.05) is 44.7 Å². The van der Waals surface area contributed by atoms with E-state index in [9.17, 15) is 19.2 Å². The van der Waals surface area contributed by atoms with Crippen molar-refractivity contribution < 1.29 is 14.3 Å². The number of nitrogens with one attached hydrogen (secondary N) is 1. The Morgan fingerprint density at radius 1 is 1.22 bits per heavy atom. The Morgan fingerprint density at radius 2 is 1.94 bits per heavy atom. The Kier molecular flexibility index (Phi) is 9.45. The van der Waals surface area contributed by atoms with Gasteiger partial charge in [0.25, 0.3) is 11.5 Å². The monoisotopic (exact) mass is 465 g/mol. The van der Waals surface area contributed by atoms with E-state index in [1.807, 2.05) is 13.8 Å². The summed E-state index contributed by atoms with van der Waals surface area (Å²) >= 11 is 5.89. The van der Waals surface area contributed by atoms with Crippen molar-refractivity contribution in [3.63, 3.8) is 0 Å². The van der Waals surface area contributed by atoms with Crippen molar-refractivity contribution in [2.45, 2.75) is 52.5 Å². The number of anilines is 2. The first-order valence-electron chi connectivity index (χ1n) is 10.5. The largest absolute Gasteiger partial charge is 0.452 e. The molecule has 0 aliphatic heterocycles. The summed E-state index contributed by atoms with van der Waals surface area (Å²) < 4.78 is 6.34.